The molecule has 2 saturated carbocycles. The van der Waals surface area contributed by atoms with Gasteiger partial charge in [-0.2, -0.15) is 0 Å². The number of alkyl halides is 1. The average Bonchev–Trinajstić information content (AvgIpc) is 2.95. The molecule has 2 aliphatic rings. The van der Waals surface area contributed by atoms with Crippen molar-refractivity contribution in [2.45, 2.75) is 70.6 Å². The van der Waals surface area contributed by atoms with Gasteiger partial charge in [0.05, 0.1) is 0 Å². The fraction of sp³-hybridized carbons (Fsp3) is 0.938. The lowest BCUT2D eigenvalue weighted by atomic mass is 9.77. The highest BCUT2D eigenvalue weighted by atomic mass is 35.5. The van der Waals surface area contributed by atoms with Crippen molar-refractivity contribution in [2.75, 3.05) is 6.54 Å². The average molecular weight is 286 g/mol. The minimum Gasteiger partial charge on any atom is -0.355 e. The number of hydrogen-bond acceptors (Lipinski definition) is 1. The van der Waals surface area contributed by atoms with Gasteiger partial charge in [-0.05, 0) is 50.4 Å². The van der Waals surface area contributed by atoms with Gasteiger partial charge in [0.1, 0.15) is 0 Å². The molecule has 3 heteroatoms. The molecule has 2 fully saturated rings. The number of carbonyl (C=O) groups is 1. The molecule has 0 aliphatic heterocycles. The normalized spacial score (nSPS) is 29.9. The van der Waals surface area contributed by atoms with Crippen molar-refractivity contribution in [1.82, 2.24) is 5.32 Å². The maximum atomic E-state index is 12.6. The molecule has 0 bridgehead atoms. The number of hydrogen-bond donors (Lipinski definition) is 1. The van der Waals surface area contributed by atoms with Crippen LogP contribution in [0.25, 0.3) is 0 Å². The van der Waals surface area contributed by atoms with Crippen LogP contribution in [0, 0.1) is 17.3 Å². The molecule has 0 spiro atoms. The molecule has 19 heavy (non-hydrogen) atoms. The lowest BCUT2D eigenvalue weighted by Gasteiger charge is -2.30. The Bertz CT molecular complexity index is 310. The predicted octanol–water partition coefficient (Wildman–Crippen LogP) is 4.12. The summed E-state index contributed by atoms with van der Waals surface area (Å²) in [4.78, 5) is 12.6. The molecule has 2 nitrogen and oxygen atoms in total. The van der Waals surface area contributed by atoms with E-state index in [4.69, 9.17) is 11.6 Å². The van der Waals surface area contributed by atoms with E-state index >= 15 is 0 Å². The van der Waals surface area contributed by atoms with Gasteiger partial charge in [-0.1, -0.05) is 26.7 Å². The Hall–Kier alpha value is -0.240. The van der Waals surface area contributed by atoms with Gasteiger partial charge in [0.15, 0.2) is 0 Å². The molecular formula is C16H28ClNO. The van der Waals surface area contributed by atoms with Crippen LogP contribution in [0.4, 0.5) is 0 Å². The summed E-state index contributed by atoms with van der Waals surface area (Å²) < 4.78 is 0. The molecule has 0 heterocycles. The van der Waals surface area contributed by atoms with Crippen LogP contribution in [-0.2, 0) is 4.79 Å². The molecule has 0 aromatic carbocycles. The smallest absolute Gasteiger partial charge is 0.226 e. The van der Waals surface area contributed by atoms with Crippen LogP contribution in [0.15, 0.2) is 0 Å². The van der Waals surface area contributed by atoms with Crippen molar-refractivity contribution in [1.29, 1.82) is 0 Å². The summed E-state index contributed by atoms with van der Waals surface area (Å²) in [5, 5.41) is 3.57. The van der Waals surface area contributed by atoms with E-state index < -0.39 is 0 Å². The standard InChI is InChI=1S/C16H28ClNO/c1-12(2)10-16(7-3-4-8-16)15(19)18-11-13-5-6-14(17)9-13/h12-14H,3-11H2,1-2H3,(H,18,19). The number of rotatable bonds is 5. The highest BCUT2D eigenvalue weighted by molar-refractivity contribution is 6.20. The minimum atomic E-state index is -0.0624. The molecule has 2 aliphatic carbocycles. The summed E-state index contributed by atoms with van der Waals surface area (Å²) in [7, 11) is 0. The van der Waals surface area contributed by atoms with Crippen molar-refractivity contribution in [3.63, 3.8) is 0 Å². The van der Waals surface area contributed by atoms with Gasteiger partial charge in [0.2, 0.25) is 5.91 Å². The van der Waals surface area contributed by atoms with Gasteiger partial charge in [-0.3, -0.25) is 4.79 Å². The monoisotopic (exact) mass is 285 g/mol. The third kappa shape index (κ3) is 3.87. The first kappa shape index (κ1) is 15.2. The number of carbonyl (C=O) groups excluding carboxylic acids is 1. The largest absolute Gasteiger partial charge is 0.355 e. The molecule has 1 N–H and O–H groups in total. The molecule has 2 atom stereocenters. The lowest BCUT2D eigenvalue weighted by Crippen LogP contribution is -2.41. The van der Waals surface area contributed by atoms with E-state index in [1.807, 2.05) is 0 Å². The van der Waals surface area contributed by atoms with Gasteiger partial charge in [-0.15, -0.1) is 11.6 Å². The molecule has 1 amide bonds. The van der Waals surface area contributed by atoms with Crippen LogP contribution in [-0.4, -0.2) is 17.8 Å². The molecular weight excluding hydrogens is 258 g/mol. The van der Waals surface area contributed by atoms with E-state index in [1.165, 1.54) is 19.3 Å². The zero-order chi connectivity index (χ0) is 13.9. The molecule has 110 valence electrons. The lowest BCUT2D eigenvalue weighted by molar-refractivity contribution is -0.132. The van der Waals surface area contributed by atoms with Crippen molar-refractivity contribution in [3.05, 3.63) is 0 Å². The fourth-order valence-electron chi connectivity index (χ4n) is 3.98. The second-order valence-electron chi connectivity index (χ2n) is 7.07. The molecule has 0 aromatic heterocycles. The second-order valence-corrected chi connectivity index (χ2v) is 7.69. The van der Waals surface area contributed by atoms with Crippen LogP contribution >= 0.6 is 11.6 Å². The van der Waals surface area contributed by atoms with Crippen LogP contribution in [0.5, 0.6) is 0 Å². The van der Waals surface area contributed by atoms with E-state index in [0.29, 0.717) is 23.1 Å². The van der Waals surface area contributed by atoms with Gasteiger partial charge < -0.3 is 5.32 Å². The summed E-state index contributed by atoms with van der Waals surface area (Å²) >= 11 is 6.13. The Labute approximate surface area is 122 Å². The van der Waals surface area contributed by atoms with Gasteiger partial charge in [-0.25, -0.2) is 0 Å². The van der Waals surface area contributed by atoms with Crippen LogP contribution in [0.1, 0.15) is 65.2 Å². The molecule has 0 radical (unpaired) electrons. The van der Waals surface area contributed by atoms with Crippen molar-refractivity contribution < 1.29 is 4.79 Å². The van der Waals surface area contributed by atoms with E-state index in [0.717, 1.165) is 38.6 Å². The maximum Gasteiger partial charge on any atom is 0.226 e. The zero-order valence-electron chi connectivity index (χ0n) is 12.4. The number of halogens is 1. The quantitative estimate of drug-likeness (QED) is 0.757. The van der Waals surface area contributed by atoms with E-state index in [1.54, 1.807) is 0 Å². The van der Waals surface area contributed by atoms with E-state index in [2.05, 4.69) is 19.2 Å². The summed E-state index contributed by atoms with van der Waals surface area (Å²) in [6, 6.07) is 0. The Morgan fingerprint density at radius 2 is 2.00 bits per heavy atom. The SMILES string of the molecule is CC(C)CC1(C(=O)NCC2CCC(Cl)C2)CCCC1. The Morgan fingerprint density at radius 3 is 2.53 bits per heavy atom. The van der Waals surface area contributed by atoms with Gasteiger partial charge >= 0.3 is 0 Å². The predicted molar refractivity (Wildman–Crippen MR) is 80.3 cm³/mol. The van der Waals surface area contributed by atoms with Gasteiger partial charge in [0, 0.05) is 17.3 Å². The fourth-order valence-corrected chi connectivity index (χ4v) is 4.36. The van der Waals surface area contributed by atoms with Crippen LogP contribution in [0.3, 0.4) is 0 Å². The van der Waals surface area contributed by atoms with Gasteiger partial charge in [0.25, 0.3) is 0 Å². The Morgan fingerprint density at radius 1 is 1.32 bits per heavy atom. The molecule has 2 unspecified atom stereocenters. The van der Waals surface area contributed by atoms with Crippen LogP contribution < -0.4 is 5.32 Å². The molecule has 0 saturated heterocycles. The highest BCUT2D eigenvalue weighted by Crippen LogP contribution is 2.43. The van der Waals surface area contributed by atoms with Crippen molar-refractivity contribution >= 4 is 17.5 Å². The van der Waals surface area contributed by atoms with Crippen molar-refractivity contribution in [3.8, 4) is 0 Å². The van der Waals surface area contributed by atoms with Crippen molar-refractivity contribution in [2.24, 2.45) is 17.3 Å². The summed E-state index contributed by atoms with van der Waals surface area (Å²) in [6.07, 6.45) is 8.99. The maximum absolute atomic E-state index is 12.6. The third-order valence-electron chi connectivity index (χ3n) is 4.87. The summed E-state index contributed by atoms with van der Waals surface area (Å²) in [5.41, 5.74) is -0.0624. The first-order valence-electron chi connectivity index (χ1n) is 7.94. The number of amides is 1. The van der Waals surface area contributed by atoms with Crippen LogP contribution in [0.2, 0.25) is 0 Å². The Balaban J connectivity index is 1.85. The minimum absolute atomic E-state index is 0.0624. The first-order chi connectivity index (χ1) is 9.02. The third-order valence-corrected chi connectivity index (χ3v) is 5.27. The molecule has 0 aromatic rings. The first-order valence-corrected chi connectivity index (χ1v) is 8.38. The zero-order valence-corrected chi connectivity index (χ0v) is 13.1. The number of nitrogens with one attached hydrogen (secondary N) is 1. The highest BCUT2D eigenvalue weighted by Gasteiger charge is 2.41. The summed E-state index contributed by atoms with van der Waals surface area (Å²) in [6.45, 7) is 5.28. The van der Waals surface area contributed by atoms with E-state index in [9.17, 15) is 4.79 Å². The second kappa shape index (κ2) is 6.47. The summed E-state index contributed by atoms with van der Waals surface area (Å²) in [5.74, 6) is 1.52. The van der Waals surface area contributed by atoms with E-state index in [-0.39, 0.29) is 5.41 Å². The Kier molecular flexibility index (Phi) is 5.16. The molecule has 2 rings (SSSR count). The topological polar surface area (TPSA) is 29.1 Å².